The maximum absolute atomic E-state index is 12.3. The van der Waals surface area contributed by atoms with Crippen LogP contribution in [-0.2, 0) is 5.60 Å². The first-order valence-electron chi connectivity index (χ1n) is 7.21. The molecule has 0 aliphatic heterocycles. The quantitative estimate of drug-likeness (QED) is 0.873. The van der Waals surface area contributed by atoms with Gasteiger partial charge in [-0.1, -0.05) is 41.9 Å². The van der Waals surface area contributed by atoms with Crippen LogP contribution in [0, 0.1) is 0 Å². The van der Waals surface area contributed by atoms with E-state index in [9.17, 15) is 9.90 Å². The van der Waals surface area contributed by atoms with Crippen molar-refractivity contribution in [2.75, 3.05) is 0 Å². The highest BCUT2D eigenvalue weighted by molar-refractivity contribution is 6.31. The van der Waals surface area contributed by atoms with Crippen molar-refractivity contribution in [2.24, 2.45) is 0 Å². The van der Waals surface area contributed by atoms with Gasteiger partial charge in [-0.2, -0.15) is 0 Å². The Balaban J connectivity index is 1.99. The van der Waals surface area contributed by atoms with E-state index >= 15 is 0 Å². The molecule has 0 amide bonds. The number of hydrogen-bond donors (Lipinski definition) is 1. The first-order valence-corrected chi connectivity index (χ1v) is 7.59. The number of benzene rings is 2. The highest BCUT2D eigenvalue weighted by Gasteiger charge is 2.20. The molecule has 0 spiro atoms. The van der Waals surface area contributed by atoms with Gasteiger partial charge >= 0.3 is 0 Å². The van der Waals surface area contributed by atoms with Gasteiger partial charge in [-0.25, -0.2) is 0 Å². The minimum atomic E-state index is -0.862. The average Bonchev–Trinajstić information content (AvgIpc) is 2.47. The molecule has 0 aromatic heterocycles. The average molecular weight is 313 g/mol. The topological polar surface area (TPSA) is 37.3 Å². The summed E-state index contributed by atoms with van der Waals surface area (Å²) in [7, 11) is 0. The summed E-state index contributed by atoms with van der Waals surface area (Å²) >= 11 is 5.96. The maximum Gasteiger partial charge on any atom is 0.167 e. The van der Waals surface area contributed by atoms with Gasteiger partial charge in [-0.15, -0.1) is 0 Å². The van der Waals surface area contributed by atoms with Crippen LogP contribution in [-0.4, -0.2) is 10.9 Å². The Kier molecular flexibility index (Phi) is 3.67. The van der Waals surface area contributed by atoms with E-state index < -0.39 is 5.60 Å². The molecule has 2 nitrogen and oxygen atoms in total. The summed E-state index contributed by atoms with van der Waals surface area (Å²) in [6.07, 6.45) is 2.40. The van der Waals surface area contributed by atoms with Gasteiger partial charge in [-0.05, 0) is 54.3 Å². The zero-order valence-electron chi connectivity index (χ0n) is 12.6. The third kappa shape index (κ3) is 2.85. The summed E-state index contributed by atoms with van der Waals surface area (Å²) in [5.74, 6) is 0.0848. The number of carbonyl (C=O) groups is 1. The Morgan fingerprint density at radius 2 is 1.77 bits per heavy atom. The summed E-state index contributed by atoms with van der Waals surface area (Å²) in [5.41, 5.74) is 3.57. The Morgan fingerprint density at radius 1 is 1.09 bits per heavy atom. The molecule has 1 aliphatic carbocycles. The van der Waals surface area contributed by atoms with Crippen LogP contribution < -0.4 is 0 Å². The number of rotatable bonds is 2. The molecule has 3 rings (SSSR count). The van der Waals surface area contributed by atoms with Crippen LogP contribution in [0.3, 0.4) is 0 Å². The number of carbonyl (C=O) groups excluding carboxylic acids is 1. The summed E-state index contributed by atoms with van der Waals surface area (Å²) in [6, 6.07) is 13.1. The van der Waals surface area contributed by atoms with Crippen LogP contribution in [0.2, 0.25) is 5.02 Å². The number of ketones is 1. The van der Waals surface area contributed by atoms with Gasteiger partial charge in [0, 0.05) is 17.0 Å². The van der Waals surface area contributed by atoms with E-state index in [0.717, 1.165) is 22.3 Å². The van der Waals surface area contributed by atoms with Crippen LogP contribution in [0.25, 0.3) is 11.6 Å². The number of aliphatic hydroxyl groups is 1. The lowest BCUT2D eigenvalue weighted by Gasteiger charge is -2.19. The fourth-order valence-electron chi connectivity index (χ4n) is 2.68. The van der Waals surface area contributed by atoms with Crippen molar-refractivity contribution in [1.82, 2.24) is 0 Å². The molecule has 112 valence electrons. The number of hydrogen-bond acceptors (Lipinski definition) is 2. The van der Waals surface area contributed by atoms with Crippen molar-refractivity contribution in [2.45, 2.75) is 25.9 Å². The predicted octanol–water partition coefficient (Wildman–Crippen LogP) is 4.69. The van der Waals surface area contributed by atoms with E-state index in [2.05, 4.69) is 0 Å². The molecule has 0 heterocycles. The van der Waals surface area contributed by atoms with E-state index in [1.54, 1.807) is 26.0 Å². The van der Waals surface area contributed by atoms with Crippen molar-refractivity contribution in [3.05, 3.63) is 69.7 Å². The third-order valence-corrected chi connectivity index (χ3v) is 4.19. The Bertz CT molecular complexity index is 765. The lowest BCUT2D eigenvalue weighted by molar-refractivity contribution is 0.0786. The van der Waals surface area contributed by atoms with Crippen molar-refractivity contribution in [3.63, 3.8) is 0 Å². The number of allylic oxidation sites excluding steroid dienone is 1. The molecule has 0 unspecified atom stereocenters. The molecule has 1 aliphatic rings. The first kappa shape index (κ1) is 15.0. The fourth-order valence-corrected chi connectivity index (χ4v) is 2.85. The molecular weight excluding hydrogens is 296 g/mol. The molecule has 3 heteroatoms. The first-order chi connectivity index (χ1) is 10.3. The number of fused-ring (bicyclic) bond motifs is 1. The zero-order chi connectivity index (χ0) is 15.9. The number of Topliss-reactive ketones (excluding diaryl/α,β-unsaturated/α-hetero) is 1. The van der Waals surface area contributed by atoms with Crippen LogP contribution >= 0.6 is 11.6 Å². The van der Waals surface area contributed by atoms with Gasteiger partial charge in [0.15, 0.2) is 5.78 Å². The minimum absolute atomic E-state index is 0.0848. The van der Waals surface area contributed by atoms with Crippen LogP contribution in [0.5, 0.6) is 0 Å². The normalized spacial score (nSPS) is 14.5. The summed E-state index contributed by atoms with van der Waals surface area (Å²) in [6.45, 7) is 3.51. The van der Waals surface area contributed by atoms with Gasteiger partial charge in [0.05, 0.1) is 5.60 Å². The molecule has 0 saturated heterocycles. The van der Waals surface area contributed by atoms with Crippen molar-refractivity contribution in [1.29, 1.82) is 0 Å². The van der Waals surface area contributed by atoms with Gasteiger partial charge in [0.25, 0.3) is 0 Å². The monoisotopic (exact) mass is 312 g/mol. The molecule has 2 aromatic carbocycles. The largest absolute Gasteiger partial charge is 0.386 e. The van der Waals surface area contributed by atoms with Gasteiger partial charge in [-0.3, -0.25) is 4.79 Å². The molecule has 0 bridgehead atoms. The smallest absolute Gasteiger partial charge is 0.167 e. The van der Waals surface area contributed by atoms with E-state index in [4.69, 9.17) is 11.6 Å². The highest BCUT2D eigenvalue weighted by atomic mass is 35.5. The van der Waals surface area contributed by atoms with Gasteiger partial charge in [0.2, 0.25) is 0 Å². The molecule has 2 aromatic rings. The lowest BCUT2D eigenvalue weighted by Crippen LogP contribution is -2.15. The van der Waals surface area contributed by atoms with Crippen molar-refractivity contribution < 1.29 is 9.90 Å². The standard InChI is InChI=1S/C19H17ClO2/c1-19(2,22)15-6-3-12(4-7-15)14-9-13-5-8-16(20)11-17(13)18(21)10-14/h3-9,11,22H,10H2,1-2H3. The number of halogens is 1. The molecule has 0 saturated carbocycles. The molecule has 22 heavy (non-hydrogen) atoms. The summed E-state index contributed by atoms with van der Waals surface area (Å²) in [5, 5.41) is 10.6. The van der Waals surface area contributed by atoms with Gasteiger partial charge in [0.1, 0.15) is 0 Å². The molecule has 0 atom stereocenters. The second-order valence-corrected chi connectivity index (χ2v) is 6.57. The van der Waals surface area contributed by atoms with E-state index in [0.29, 0.717) is 17.0 Å². The van der Waals surface area contributed by atoms with E-state index in [1.165, 1.54) is 0 Å². The third-order valence-electron chi connectivity index (χ3n) is 3.96. The van der Waals surface area contributed by atoms with Crippen LogP contribution in [0.1, 0.15) is 47.3 Å². The van der Waals surface area contributed by atoms with E-state index in [1.807, 2.05) is 36.4 Å². The molecule has 0 radical (unpaired) electrons. The Labute approximate surface area is 135 Å². The molecular formula is C19H17ClO2. The Morgan fingerprint density at radius 3 is 2.41 bits per heavy atom. The highest BCUT2D eigenvalue weighted by Crippen LogP contribution is 2.32. The predicted molar refractivity (Wildman–Crippen MR) is 90.0 cm³/mol. The fraction of sp³-hybridized carbons (Fsp3) is 0.211. The summed E-state index contributed by atoms with van der Waals surface area (Å²) < 4.78 is 0. The van der Waals surface area contributed by atoms with Crippen LogP contribution in [0.4, 0.5) is 0 Å². The second-order valence-electron chi connectivity index (χ2n) is 6.14. The van der Waals surface area contributed by atoms with E-state index in [-0.39, 0.29) is 5.78 Å². The van der Waals surface area contributed by atoms with Crippen molar-refractivity contribution in [3.8, 4) is 0 Å². The second kappa shape index (κ2) is 5.38. The van der Waals surface area contributed by atoms with Crippen LogP contribution in [0.15, 0.2) is 42.5 Å². The lowest BCUT2D eigenvalue weighted by atomic mass is 9.87. The minimum Gasteiger partial charge on any atom is -0.386 e. The Hall–Kier alpha value is -1.90. The van der Waals surface area contributed by atoms with Crippen molar-refractivity contribution >= 4 is 29.0 Å². The molecule has 0 fully saturated rings. The summed E-state index contributed by atoms with van der Waals surface area (Å²) in [4.78, 5) is 12.3. The zero-order valence-corrected chi connectivity index (χ0v) is 13.3. The SMILES string of the molecule is CC(C)(O)c1ccc(C2=Cc3ccc(Cl)cc3C(=O)C2)cc1. The van der Waals surface area contributed by atoms with Gasteiger partial charge < -0.3 is 5.11 Å². The maximum atomic E-state index is 12.3. The molecule has 1 N–H and O–H groups in total.